The third-order valence-corrected chi connectivity index (χ3v) is 0.943. The summed E-state index contributed by atoms with van der Waals surface area (Å²) in [6.07, 6.45) is -0.525. The fourth-order valence-corrected chi connectivity index (χ4v) is 0.619. The molecule has 2 nitrogen and oxygen atoms in total. The first-order valence-electron chi connectivity index (χ1n) is 5.04. The molecular formula is C9H12FNO. The number of nitrogens with zero attached hydrogens (tertiary/aromatic N) is 1. The van der Waals surface area contributed by atoms with E-state index in [9.17, 15) is 4.39 Å². The maximum Gasteiger partial charge on any atom is 0.216 e. The van der Waals surface area contributed by atoms with Gasteiger partial charge < -0.3 is 4.74 Å². The van der Waals surface area contributed by atoms with Crippen LogP contribution in [0.2, 0.25) is 0 Å². The van der Waals surface area contributed by atoms with Crippen LogP contribution in [0.3, 0.4) is 0 Å². The Labute approximate surface area is 75.6 Å². The molecule has 1 aromatic heterocycles. The first kappa shape index (κ1) is 5.51. The Balaban J connectivity index is 3.21. The molecule has 1 rings (SSSR count). The third kappa shape index (κ3) is 2.86. The van der Waals surface area contributed by atoms with Crippen molar-refractivity contribution in [3.05, 3.63) is 24.1 Å². The van der Waals surface area contributed by atoms with Crippen molar-refractivity contribution in [1.82, 2.24) is 4.98 Å². The molecule has 12 heavy (non-hydrogen) atoms. The summed E-state index contributed by atoms with van der Waals surface area (Å²) in [7, 11) is 0. The summed E-state index contributed by atoms with van der Waals surface area (Å²) < 4.78 is 40.1. The van der Waals surface area contributed by atoms with E-state index in [1.54, 1.807) is 20.8 Å². The Kier molecular flexibility index (Phi) is 1.42. The van der Waals surface area contributed by atoms with Crippen LogP contribution >= 0.6 is 0 Å². The zero-order chi connectivity index (χ0) is 11.8. The van der Waals surface area contributed by atoms with Gasteiger partial charge in [0.1, 0.15) is 11.4 Å². The second-order valence-electron chi connectivity index (χ2n) is 3.31. The normalized spacial score (nSPS) is 14.8. The molecule has 1 heterocycles. The fraction of sp³-hybridized carbons (Fsp3) is 0.444. The van der Waals surface area contributed by atoms with E-state index < -0.39 is 29.7 Å². The second-order valence-corrected chi connectivity index (χ2v) is 3.31. The summed E-state index contributed by atoms with van der Waals surface area (Å²) in [6.45, 7) is 5.18. The van der Waals surface area contributed by atoms with Crippen molar-refractivity contribution < 1.29 is 13.2 Å². The van der Waals surface area contributed by atoms with Gasteiger partial charge in [0, 0.05) is 12.2 Å². The predicted molar refractivity (Wildman–Crippen MR) is 44.6 cm³/mol. The molecule has 0 fully saturated rings. The lowest BCUT2D eigenvalue weighted by molar-refractivity contribution is 0.123. The highest BCUT2D eigenvalue weighted by Gasteiger charge is 2.12. The zero-order valence-electron chi connectivity index (χ0n) is 10.2. The number of aromatic nitrogens is 1. The lowest BCUT2D eigenvalue weighted by atomic mass is 10.2. The summed E-state index contributed by atoms with van der Waals surface area (Å²) in [5, 5.41) is 0. The van der Waals surface area contributed by atoms with Crippen LogP contribution in [-0.2, 0) is 0 Å². The first-order valence-corrected chi connectivity index (χ1v) is 3.54. The van der Waals surface area contributed by atoms with Crippen molar-refractivity contribution in [3.63, 3.8) is 0 Å². The van der Waals surface area contributed by atoms with Crippen LogP contribution in [0.1, 0.15) is 24.9 Å². The van der Waals surface area contributed by atoms with Crippen LogP contribution in [0, 0.1) is 5.82 Å². The van der Waals surface area contributed by atoms with Gasteiger partial charge in [-0.3, -0.25) is 0 Å². The number of rotatable bonds is 1. The standard InChI is InChI=1S/C9H12FNO/c1-9(2,3)12-8-6-7(10)4-5-11-8/h4-6H,1-3H3/i4D,5D,6D. The largest absolute Gasteiger partial charge is 0.472 e. The second kappa shape index (κ2) is 3.09. The van der Waals surface area contributed by atoms with Gasteiger partial charge in [-0.1, -0.05) is 0 Å². The molecule has 0 spiro atoms. The minimum Gasteiger partial charge on any atom is -0.472 e. The van der Waals surface area contributed by atoms with Gasteiger partial charge in [0.15, 0.2) is 0 Å². The van der Waals surface area contributed by atoms with Crippen LogP contribution in [-0.4, -0.2) is 10.6 Å². The molecule has 66 valence electrons. The van der Waals surface area contributed by atoms with Crippen molar-refractivity contribution in [3.8, 4) is 5.88 Å². The highest BCUT2D eigenvalue weighted by molar-refractivity contribution is 5.12. The molecular weight excluding hydrogens is 157 g/mol. The summed E-state index contributed by atoms with van der Waals surface area (Å²) >= 11 is 0. The predicted octanol–water partition coefficient (Wildman–Crippen LogP) is 2.40. The summed E-state index contributed by atoms with van der Waals surface area (Å²) in [6, 6.07) is -1.26. The van der Waals surface area contributed by atoms with E-state index in [4.69, 9.17) is 8.85 Å². The van der Waals surface area contributed by atoms with Crippen LogP contribution in [0.25, 0.3) is 0 Å². The highest BCUT2D eigenvalue weighted by atomic mass is 19.1. The third-order valence-electron chi connectivity index (χ3n) is 0.943. The van der Waals surface area contributed by atoms with E-state index in [1.807, 2.05) is 0 Å². The molecule has 0 aliphatic rings. The van der Waals surface area contributed by atoms with Gasteiger partial charge in [0.2, 0.25) is 5.88 Å². The van der Waals surface area contributed by atoms with Crippen LogP contribution in [0.5, 0.6) is 5.88 Å². The number of ether oxygens (including phenoxy) is 1. The average Bonchev–Trinajstić information content (AvgIpc) is 2.08. The summed E-state index contributed by atoms with van der Waals surface area (Å²) in [5.41, 5.74) is -0.620. The van der Waals surface area contributed by atoms with Crippen molar-refractivity contribution in [2.45, 2.75) is 26.4 Å². The maximum absolute atomic E-state index is 13.2. The minimum absolute atomic E-state index is 0.249. The van der Waals surface area contributed by atoms with Crippen molar-refractivity contribution >= 4 is 0 Å². The molecule has 0 aromatic carbocycles. The number of halogens is 1. The first-order chi connectivity index (χ1) is 6.72. The summed E-state index contributed by atoms with van der Waals surface area (Å²) in [5.74, 6) is -1.32. The van der Waals surface area contributed by atoms with Gasteiger partial charge in [-0.15, -0.1) is 0 Å². The molecule has 0 saturated heterocycles. The quantitative estimate of drug-likeness (QED) is 0.649. The molecule has 0 saturated carbocycles. The Morgan fingerprint density at radius 1 is 1.58 bits per heavy atom. The molecule has 0 N–H and O–H groups in total. The molecule has 0 aliphatic carbocycles. The average molecular weight is 172 g/mol. The van der Waals surface area contributed by atoms with Crippen molar-refractivity contribution in [2.75, 3.05) is 0 Å². The Morgan fingerprint density at radius 3 is 2.83 bits per heavy atom. The highest BCUT2D eigenvalue weighted by Crippen LogP contribution is 2.15. The van der Waals surface area contributed by atoms with Crippen molar-refractivity contribution in [1.29, 1.82) is 0 Å². The van der Waals surface area contributed by atoms with Crippen molar-refractivity contribution in [2.24, 2.45) is 0 Å². The van der Waals surface area contributed by atoms with Gasteiger partial charge in [0.25, 0.3) is 0 Å². The van der Waals surface area contributed by atoms with Gasteiger partial charge in [-0.2, -0.15) is 0 Å². The van der Waals surface area contributed by atoms with E-state index in [1.165, 1.54) is 0 Å². The fourth-order valence-electron chi connectivity index (χ4n) is 0.619. The lowest BCUT2D eigenvalue weighted by Gasteiger charge is -2.19. The molecule has 0 radical (unpaired) electrons. The Bertz CT molecular complexity index is 390. The van der Waals surface area contributed by atoms with E-state index in [2.05, 4.69) is 4.98 Å². The van der Waals surface area contributed by atoms with Crippen LogP contribution < -0.4 is 4.74 Å². The molecule has 0 atom stereocenters. The topological polar surface area (TPSA) is 22.1 Å². The van der Waals surface area contributed by atoms with Crippen LogP contribution in [0.15, 0.2) is 18.3 Å². The van der Waals surface area contributed by atoms with Gasteiger partial charge in [-0.05, 0) is 26.8 Å². The Hall–Kier alpha value is -1.12. The smallest absolute Gasteiger partial charge is 0.216 e. The number of pyridine rings is 1. The molecule has 3 heteroatoms. The van der Waals surface area contributed by atoms with Gasteiger partial charge in [-0.25, -0.2) is 9.37 Å². The molecule has 0 bridgehead atoms. The minimum atomic E-state index is -1.07. The SMILES string of the molecule is [2H]c1nc(OC(C)(C)C)c([2H])c(F)c1[2H]. The van der Waals surface area contributed by atoms with E-state index in [0.717, 1.165) is 0 Å². The van der Waals surface area contributed by atoms with Gasteiger partial charge >= 0.3 is 0 Å². The van der Waals surface area contributed by atoms with Gasteiger partial charge in [0.05, 0.1) is 4.11 Å². The molecule has 0 unspecified atom stereocenters. The summed E-state index contributed by atoms with van der Waals surface area (Å²) in [4.78, 5) is 3.55. The maximum atomic E-state index is 13.2. The molecule has 0 amide bonds. The molecule has 0 aliphatic heterocycles. The zero-order valence-corrected chi connectivity index (χ0v) is 7.23. The number of hydrogen-bond donors (Lipinski definition) is 0. The number of hydrogen-bond acceptors (Lipinski definition) is 2. The van der Waals surface area contributed by atoms with E-state index in [-0.39, 0.29) is 5.88 Å². The lowest BCUT2D eigenvalue weighted by Crippen LogP contribution is -2.23. The van der Waals surface area contributed by atoms with E-state index >= 15 is 0 Å². The van der Waals surface area contributed by atoms with E-state index in [0.29, 0.717) is 0 Å². The van der Waals surface area contributed by atoms with Crippen LogP contribution in [0.4, 0.5) is 4.39 Å². The monoisotopic (exact) mass is 172 g/mol. The Morgan fingerprint density at radius 2 is 2.25 bits per heavy atom. The molecule has 1 aromatic rings.